The van der Waals surface area contributed by atoms with Gasteiger partial charge in [0.25, 0.3) is 0 Å². The molecule has 0 unspecified atom stereocenters. The fourth-order valence-electron chi connectivity index (χ4n) is 2.91. The molecule has 1 aromatic heterocycles. The number of aryl methyl sites for hydroxylation is 1. The van der Waals surface area contributed by atoms with Gasteiger partial charge in [-0.3, -0.25) is 0 Å². The van der Waals surface area contributed by atoms with Crippen molar-refractivity contribution in [3.8, 4) is 0 Å². The standard InChI is InChI=1S/C18H31NOS/c1-13(2)10-19-11-18-9-16(15(4)21-18)12-20-17-7-5-14(3)6-8-17/h9,13-14,17,19H,5-8,10-12H2,1-4H3. The highest BCUT2D eigenvalue weighted by atomic mass is 32.1. The highest BCUT2D eigenvalue weighted by Gasteiger charge is 2.19. The van der Waals surface area contributed by atoms with Crippen molar-refractivity contribution in [2.24, 2.45) is 11.8 Å². The van der Waals surface area contributed by atoms with Gasteiger partial charge in [0.05, 0.1) is 12.7 Å². The Morgan fingerprint density at radius 1 is 1.29 bits per heavy atom. The molecule has 2 rings (SSSR count). The van der Waals surface area contributed by atoms with Crippen LogP contribution in [0, 0.1) is 18.8 Å². The molecule has 21 heavy (non-hydrogen) atoms. The Morgan fingerprint density at radius 3 is 2.67 bits per heavy atom. The van der Waals surface area contributed by atoms with Crippen molar-refractivity contribution in [1.82, 2.24) is 5.32 Å². The summed E-state index contributed by atoms with van der Waals surface area (Å²) in [6, 6.07) is 2.33. The Hall–Kier alpha value is -0.380. The van der Waals surface area contributed by atoms with Crippen molar-refractivity contribution in [3.63, 3.8) is 0 Å². The third-order valence-corrected chi connectivity index (χ3v) is 5.45. The fourth-order valence-corrected chi connectivity index (χ4v) is 3.92. The minimum atomic E-state index is 0.489. The van der Waals surface area contributed by atoms with Crippen LogP contribution in [-0.2, 0) is 17.9 Å². The van der Waals surface area contributed by atoms with Crippen molar-refractivity contribution in [2.45, 2.75) is 72.6 Å². The first-order chi connectivity index (χ1) is 10.0. The van der Waals surface area contributed by atoms with E-state index in [1.807, 2.05) is 11.3 Å². The molecule has 0 radical (unpaired) electrons. The van der Waals surface area contributed by atoms with Crippen molar-refractivity contribution < 1.29 is 4.74 Å². The Balaban J connectivity index is 1.76. The molecule has 1 aromatic rings. The van der Waals surface area contributed by atoms with Gasteiger partial charge >= 0.3 is 0 Å². The number of thiophene rings is 1. The Kier molecular flexibility index (Phi) is 6.72. The third kappa shape index (κ3) is 5.72. The summed E-state index contributed by atoms with van der Waals surface area (Å²) in [5, 5.41) is 3.52. The quantitative estimate of drug-likeness (QED) is 0.773. The zero-order valence-corrected chi connectivity index (χ0v) is 14.9. The van der Waals surface area contributed by atoms with Gasteiger partial charge in [0, 0.05) is 16.3 Å². The fraction of sp³-hybridized carbons (Fsp3) is 0.778. The monoisotopic (exact) mass is 309 g/mol. The van der Waals surface area contributed by atoms with Crippen molar-refractivity contribution in [3.05, 3.63) is 21.4 Å². The van der Waals surface area contributed by atoms with Crippen LogP contribution < -0.4 is 5.32 Å². The van der Waals surface area contributed by atoms with Gasteiger partial charge in [-0.25, -0.2) is 0 Å². The molecule has 0 aromatic carbocycles. The average Bonchev–Trinajstić information content (AvgIpc) is 2.78. The third-order valence-electron chi connectivity index (χ3n) is 4.36. The summed E-state index contributed by atoms with van der Waals surface area (Å²) in [6.07, 6.45) is 5.64. The van der Waals surface area contributed by atoms with Crippen molar-refractivity contribution in [1.29, 1.82) is 0 Å². The number of hydrogen-bond donors (Lipinski definition) is 1. The van der Waals surface area contributed by atoms with E-state index in [9.17, 15) is 0 Å². The van der Waals surface area contributed by atoms with Crippen LogP contribution in [0.3, 0.4) is 0 Å². The molecule has 0 spiro atoms. The molecule has 0 bridgehead atoms. The summed E-state index contributed by atoms with van der Waals surface area (Å²) < 4.78 is 6.14. The summed E-state index contributed by atoms with van der Waals surface area (Å²) in [5.41, 5.74) is 1.39. The van der Waals surface area contributed by atoms with Crippen LogP contribution in [0.2, 0.25) is 0 Å². The Labute approximate surface area is 134 Å². The molecule has 2 nitrogen and oxygen atoms in total. The summed E-state index contributed by atoms with van der Waals surface area (Å²) in [5.74, 6) is 1.61. The van der Waals surface area contributed by atoms with Crippen LogP contribution >= 0.6 is 11.3 Å². The first kappa shape index (κ1) is 17.0. The normalized spacial score (nSPS) is 22.9. The smallest absolute Gasteiger partial charge is 0.0731 e. The molecule has 3 heteroatoms. The molecule has 1 fully saturated rings. The summed E-state index contributed by atoms with van der Waals surface area (Å²) >= 11 is 1.91. The van der Waals surface area contributed by atoms with Gasteiger partial charge in [-0.05, 0) is 62.6 Å². The molecule has 1 aliphatic carbocycles. The predicted octanol–water partition coefficient (Wildman–Crippen LogP) is 4.90. The lowest BCUT2D eigenvalue weighted by Crippen LogP contribution is -2.20. The van der Waals surface area contributed by atoms with Crippen LogP contribution in [0.25, 0.3) is 0 Å². The topological polar surface area (TPSA) is 21.3 Å². The second-order valence-electron chi connectivity index (χ2n) is 7.01. The van der Waals surface area contributed by atoms with Gasteiger partial charge in [0.1, 0.15) is 0 Å². The van der Waals surface area contributed by atoms with Gasteiger partial charge in [0.15, 0.2) is 0 Å². The number of hydrogen-bond acceptors (Lipinski definition) is 3. The first-order valence-electron chi connectivity index (χ1n) is 8.45. The molecular formula is C18H31NOS. The van der Waals surface area contributed by atoms with Gasteiger partial charge in [0.2, 0.25) is 0 Å². The van der Waals surface area contributed by atoms with Gasteiger partial charge in [-0.1, -0.05) is 20.8 Å². The molecule has 1 saturated carbocycles. The van der Waals surface area contributed by atoms with Crippen LogP contribution in [-0.4, -0.2) is 12.6 Å². The van der Waals surface area contributed by atoms with Crippen molar-refractivity contribution in [2.75, 3.05) is 6.54 Å². The molecule has 1 heterocycles. The summed E-state index contributed by atoms with van der Waals surface area (Å²) in [6.45, 7) is 11.9. The van der Waals surface area contributed by atoms with E-state index in [4.69, 9.17) is 4.74 Å². The van der Waals surface area contributed by atoms with E-state index in [2.05, 4.69) is 39.1 Å². The second-order valence-corrected chi connectivity index (χ2v) is 8.35. The number of ether oxygens (including phenoxy) is 1. The first-order valence-corrected chi connectivity index (χ1v) is 9.26. The van der Waals surface area contributed by atoms with E-state index >= 15 is 0 Å². The SMILES string of the molecule is Cc1sc(CNCC(C)C)cc1COC1CCC(C)CC1. The Morgan fingerprint density at radius 2 is 2.00 bits per heavy atom. The number of nitrogens with one attached hydrogen (secondary N) is 1. The van der Waals surface area contributed by atoms with Crippen LogP contribution in [0.15, 0.2) is 6.07 Å². The zero-order chi connectivity index (χ0) is 15.2. The highest BCUT2D eigenvalue weighted by Crippen LogP contribution is 2.28. The van der Waals surface area contributed by atoms with Gasteiger partial charge in [-0.15, -0.1) is 11.3 Å². The lowest BCUT2D eigenvalue weighted by Gasteiger charge is -2.26. The van der Waals surface area contributed by atoms with E-state index in [1.165, 1.54) is 41.0 Å². The molecular weight excluding hydrogens is 278 g/mol. The molecule has 0 atom stereocenters. The van der Waals surface area contributed by atoms with Gasteiger partial charge in [-0.2, -0.15) is 0 Å². The maximum Gasteiger partial charge on any atom is 0.0731 e. The minimum absolute atomic E-state index is 0.489. The van der Waals surface area contributed by atoms with E-state index in [-0.39, 0.29) is 0 Å². The Bertz CT molecular complexity index is 419. The van der Waals surface area contributed by atoms with E-state index in [0.717, 1.165) is 25.6 Å². The molecule has 0 amide bonds. The minimum Gasteiger partial charge on any atom is -0.374 e. The maximum absolute atomic E-state index is 6.14. The van der Waals surface area contributed by atoms with E-state index < -0.39 is 0 Å². The lowest BCUT2D eigenvalue weighted by molar-refractivity contribution is 0.00872. The van der Waals surface area contributed by atoms with Crippen LogP contribution in [0.5, 0.6) is 0 Å². The van der Waals surface area contributed by atoms with Crippen molar-refractivity contribution >= 4 is 11.3 Å². The second kappa shape index (κ2) is 8.30. The highest BCUT2D eigenvalue weighted by molar-refractivity contribution is 7.12. The molecule has 0 saturated heterocycles. The molecule has 1 N–H and O–H groups in total. The summed E-state index contributed by atoms with van der Waals surface area (Å²) in [4.78, 5) is 2.85. The predicted molar refractivity (Wildman–Crippen MR) is 91.8 cm³/mol. The largest absolute Gasteiger partial charge is 0.374 e. The maximum atomic E-state index is 6.14. The van der Waals surface area contributed by atoms with Crippen LogP contribution in [0.1, 0.15) is 61.8 Å². The number of rotatable bonds is 7. The van der Waals surface area contributed by atoms with Gasteiger partial charge < -0.3 is 10.1 Å². The summed E-state index contributed by atoms with van der Waals surface area (Å²) in [7, 11) is 0. The van der Waals surface area contributed by atoms with Crippen LogP contribution in [0.4, 0.5) is 0 Å². The van der Waals surface area contributed by atoms with E-state index in [1.54, 1.807) is 0 Å². The zero-order valence-electron chi connectivity index (χ0n) is 14.1. The molecule has 120 valence electrons. The lowest BCUT2D eigenvalue weighted by atomic mass is 9.89. The molecule has 0 aliphatic heterocycles. The average molecular weight is 310 g/mol. The van der Waals surface area contributed by atoms with E-state index in [0.29, 0.717) is 12.0 Å². The molecule has 1 aliphatic rings.